The van der Waals surface area contributed by atoms with Crippen LogP contribution in [0.4, 0.5) is 0 Å². The predicted octanol–water partition coefficient (Wildman–Crippen LogP) is 3.13. The Hall–Kier alpha value is 0.437. The van der Waals surface area contributed by atoms with E-state index in [0.717, 1.165) is 5.92 Å². The average Bonchev–Trinajstić information content (AvgIpc) is 2.07. The van der Waals surface area contributed by atoms with E-state index in [9.17, 15) is 0 Å². The van der Waals surface area contributed by atoms with Gasteiger partial charge in [0.25, 0.3) is 0 Å². The van der Waals surface area contributed by atoms with Gasteiger partial charge in [0, 0.05) is 5.33 Å². The molecule has 0 spiro atoms. The monoisotopic (exact) mass is 232 g/mol. The van der Waals surface area contributed by atoms with Crippen LogP contribution in [0.1, 0.15) is 19.8 Å². The predicted molar refractivity (Wildman–Crippen MR) is 58.1 cm³/mol. The maximum absolute atomic E-state index is 3.57. The van der Waals surface area contributed by atoms with E-state index in [2.05, 4.69) is 34.6 Å². The molecular weight excluding hydrogens is 216 g/mol. The van der Waals surface area contributed by atoms with Gasteiger partial charge in [-0.15, -0.1) is 5.70 Å². The first-order valence-corrected chi connectivity index (χ1v) is 7.97. The Morgan fingerprint density at radius 3 is 2.55 bits per heavy atom. The third-order valence-electron chi connectivity index (χ3n) is 2.57. The molecule has 0 aromatic heterocycles. The van der Waals surface area contributed by atoms with Crippen molar-refractivity contribution in [3.8, 4) is 0 Å². The molecule has 0 saturated carbocycles. The number of halogens is 1. The quantitative estimate of drug-likeness (QED) is 0.507. The minimum atomic E-state index is -0.380. The van der Waals surface area contributed by atoms with Gasteiger partial charge in [-0.3, -0.25) is 0 Å². The van der Waals surface area contributed by atoms with Gasteiger partial charge in [0.1, 0.15) is 0 Å². The standard InChI is InChI=1S/C9H17BrSi/c1-2-5-11-6-3-9(8-10)4-7-11/h2,5,9,11H,3-4,6-8H2,1H3. The van der Waals surface area contributed by atoms with Crippen LogP contribution < -0.4 is 0 Å². The van der Waals surface area contributed by atoms with Crippen LogP contribution in [0.15, 0.2) is 11.8 Å². The second kappa shape index (κ2) is 5.15. The van der Waals surface area contributed by atoms with Crippen molar-refractivity contribution in [2.24, 2.45) is 5.92 Å². The van der Waals surface area contributed by atoms with Crippen LogP contribution in [-0.2, 0) is 0 Å². The Kier molecular flexibility index (Phi) is 4.46. The summed E-state index contributed by atoms with van der Waals surface area (Å²) in [6.45, 7) is 2.16. The highest BCUT2D eigenvalue weighted by molar-refractivity contribution is 9.09. The summed E-state index contributed by atoms with van der Waals surface area (Å²) in [5, 5.41) is 1.23. The van der Waals surface area contributed by atoms with Crippen molar-refractivity contribution in [3.05, 3.63) is 11.8 Å². The molecule has 0 atom stereocenters. The van der Waals surface area contributed by atoms with Crippen molar-refractivity contribution in [3.63, 3.8) is 0 Å². The molecule has 1 rings (SSSR count). The molecule has 2 heteroatoms. The summed E-state index contributed by atoms with van der Waals surface area (Å²) in [6.07, 6.45) is 5.21. The molecule has 1 saturated heterocycles. The van der Waals surface area contributed by atoms with Gasteiger partial charge in [-0.2, -0.15) is 0 Å². The summed E-state index contributed by atoms with van der Waals surface area (Å²) in [6, 6.07) is 3.08. The molecule has 64 valence electrons. The minimum Gasteiger partial charge on any atom is -0.102 e. The van der Waals surface area contributed by atoms with Crippen molar-refractivity contribution in [1.82, 2.24) is 0 Å². The summed E-state index contributed by atoms with van der Waals surface area (Å²) in [7, 11) is -0.380. The third-order valence-corrected chi connectivity index (χ3v) is 6.57. The van der Waals surface area contributed by atoms with E-state index in [-0.39, 0.29) is 8.80 Å². The molecule has 0 radical (unpaired) electrons. The first-order chi connectivity index (χ1) is 5.36. The molecule has 1 heterocycles. The Balaban J connectivity index is 2.24. The number of alkyl halides is 1. The van der Waals surface area contributed by atoms with Gasteiger partial charge in [-0.1, -0.05) is 46.9 Å². The molecule has 1 aliphatic heterocycles. The fraction of sp³-hybridized carbons (Fsp3) is 0.778. The lowest BCUT2D eigenvalue weighted by Gasteiger charge is -2.23. The lowest BCUT2D eigenvalue weighted by molar-refractivity contribution is 0.532. The van der Waals surface area contributed by atoms with E-state index in [1.165, 1.54) is 18.2 Å². The van der Waals surface area contributed by atoms with E-state index in [4.69, 9.17) is 0 Å². The van der Waals surface area contributed by atoms with Crippen LogP contribution in [0.3, 0.4) is 0 Å². The van der Waals surface area contributed by atoms with E-state index >= 15 is 0 Å². The molecule has 11 heavy (non-hydrogen) atoms. The topological polar surface area (TPSA) is 0 Å². The van der Waals surface area contributed by atoms with Gasteiger partial charge in [0.05, 0.1) is 8.80 Å². The number of rotatable bonds is 2. The highest BCUT2D eigenvalue weighted by atomic mass is 79.9. The smallest absolute Gasteiger partial charge is 0.0611 e. The van der Waals surface area contributed by atoms with E-state index in [0.29, 0.717) is 0 Å². The lowest BCUT2D eigenvalue weighted by atomic mass is 10.1. The van der Waals surface area contributed by atoms with Crippen molar-refractivity contribution in [1.29, 1.82) is 0 Å². The zero-order valence-corrected chi connectivity index (χ0v) is 9.96. The number of hydrogen-bond acceptors (Lipinski definition) is 0. The Labute approximate surface area is 79.8 Å². The summed E-state index contributed by atoms with van der Waals surface area (Å²) < 4.78 is 0. The van der Waals surface area contributed by atoms with E-state index < -0.39 is 0 Å². The van der Waals surface area contributed by atoms with Gasteiger partial charge in [0.2, 0.25) is 0 Å². The molecule has 0 aromatic carbocycles. The molecule has 0 aromatic rings. The maximum Gasteiger partial charge on any atom is 0.0611 e. The fourth-order valence-electron chi connectivity index (χ4n) is 1.81. The van der Waals surface area contributed by atoms with Crippen LogP contribution in [0.2, 0.25) is 12.1 Å². The first-order valence-electron chi connectivity index (χ1n) is 4.55. The SMILES string of the molecule is CC=C[SiH]1CCC(CBr)CC1. The molecule has 0 amide bonds. The fourth-order valence-corrected chi connectivity index (χ4v) is 5.47. The Morgan fingerprint density at radius 1 is 1.45 bits per heavy atom. The largest absolute Gasteiger partial charge is 0.102 e. The molecule has 0 nitrogen and oxygen atoms in total. The second-order valence-corrected chi connectivity index (χ2v) is 7.17. The van der Waals surface area contributed by atoms with Crippen LogP contribution in [0.25, 0.3) is 0 Å². The molecule has 0 N–H and O–H groups in total. The van der Waals surface area contributed by atoms with Gasteiger partial charge < -0.3 is 0 Å². The minimum absolute atomic E-state index is 0.380. The van der Waals surface area contributed by atoms with Crippen LogP contribution in [0.5, 0.6) is 0 Å². The molecule has 1 aliphatic rings. The summed E-state index contributed by atoms with van der Waals surface area (Å²) >= 11 is 3.57. The lowest BCUT2D eigenvalue weighted by Crippen LogP contribution is -2.20. The third kappa shape index (κ3) is 3.12. The molecular formula is C9H17BrSi. The first kappa shape index (κ1) is 9.52. The number of allylic oxidation sites excluding steroid dienone is 1. The van der Waals surface area contributed by atoms with Crippen LogP contribution >= 0.6 is 15.9 Å². The number of hydrogen-bond donors (Lipinski definition) is 0. The normalized spacial score (nSPS) is 32.9. The molecule has 0 unspecified atom stereocenters. The zero-order chi connectivity index (χ0) is 8.10. The van der Waals surface area contributed by atoms with Crippen molar-refractivity contribution < 1.29 is 0 Å². The van der Waals surface area contributed by atoms with E-state index in [1.807, 2.05) is 0 Å². The van der Waals surface area contributed by atoms with E-state index in [1.54, 1.807) is 12.1 Å². The van der Waals surface area contributed by atoms with Gasteiger partial charge in [-0.05, 0) is 12.8 Å². The second-order valence-electron chi connectivity index (χ2n) is 3.46. The highest BCUT2D eigenvalue weighted by Gasteiger charge is 2.18. The Bertz CT molecular complexity index is 126. The zero-order valence-electron chi connectivity index (χ0n) is 7.22. The highest BCUT2D eigenvalue weighted by Crippen LogP contribution is 2.26. The Morgan fingerprint density at radius 2 is 2.09 bits per heavy atom. The van der Waals surface area contributed by atoms with Crippen LogP contribution in [0, 0.1) is 5.92 Å². The van der Waals surface area contributed by atoms with Crippen LogP contribution in [-0.4, -0.2) is 14.1 Å². The molecule has 1 fully saturated rings. The average molecular weight is 233 g/mol. The molecule has 0 bridgehead atoms. The molecule has 0 aliphatic carbocycles. The van der Waals surface area contributed by atoms with Gasteiger partial charge in [-0.25, -0.2) is 0 Å². The van der Waals surface area contributed by atoms with Crippen molar-refractivity contribution >= 4 is 24.7 Å². The van der Waals surface area contributed by atoms with Gasteiger partial charge in [0.15, 0.2) is 0 Å². The summed E-state index contributed by atoms with van der Waals surface area (Å²) in [4.78, 5) is 0. The maximum atomic E-state index is 3.57. The van der Waals surface area contributed by atoms with Crippen molar-refractivity contribution in [2.75, 3.05) is 5.33 Å². The van der Waals surface area contributed by atoms with Gasteiger partial charge >= 0.3 is 0 Å². The van der Waals surface area contributed by atoms with Crippen molar-refractivity contribution in [2.45, 2.75) is 31.9 Å². The summed E-state index contributed by atoms with van der Waals surface area (Å²) in [5.41, 5.74) is 2.50. The summed E-state index contributed by atoms with van der Waals surface area (Å²) in [5.74, 6) is 0.990.